The van der Waals surface area contributed by atoms with Crippen LogP contribution in [0.2, 0.25) is 0 Å². The van der Waals surface area contributed by atoms with Crippen molar-refractivity contribution in [2.45, 2.75) is 19.9 Å². The molecule has 1 aromatic carbocycles. The molecule has 0 aliphatic carbocycles. The number of nitrogens with two attached hydrogens (primary N) is 1. The Morgan fingerprint density at radius 1 is 1.05 bits per heavy atom. The standard InChI is InChI=1S/C15H19NO3/c1-9-5-6-19-15(9)14(16)11-8-13(18-4)12(17-3)7-10(11)2/h5-8,14H,16H2,1-4H3. The fourth-order valence-corrected chi connectivity index (χ4v) is 2.18. The zero-order valence-electron chi connectivity index (χ0n) is 11.7. The van der Waals surface area contributed by atoms with Crippen molar-refractivity contribution >= 4 is 0 Å². The topological polar surface area (TPSA) is 57.6 Å². The van der Waals surface area contributed by atoms with Crippen LogP contribution in [0.1, 0.15) is 28.5 Å². The largest absolute Gasteiger partial charge is 0.493 e. The van der Waals surface area contributed by atoms with Gasteiger partial charge in [-0.05, 0) is 48.7 Å². The summed E-state index contributed by atoms with van der Waals surface area (Å²) in [4.78, 5) is 0. The molecular formula is C15H19NO3. The van der Waals surface area contributed by atoms with Crippen LogP contribution in [0.25, 0.3) is 0 Å². The molecule has 1 heterocycles. The van der Waals surface area contributed by atoms with E-state index in [2.05, 4.69) is 0 Å². The molecule has 4 heteroatoms. The van der Waals surface area contributed by atoms with Gasteiger partial charge in [0.1, 0.15) is 5.76 Å². The van der Waals surface area contributed by atoms with Crippen LogP contribution in [-0.4, -0.2) is 14.2 Å². The monoisotopic (exact) mass is 261 g/mol. The lowest BCUT2D eigenvalue weighted by Crippen LogP contribution is -2.14. The number of hydrogen-bond acceptors (Lipinski definition) is 4. The summed E-state index contributed by atoms with van der Waals surface area (Å²) in [6.45, 7) is 3.98. The van der Waals surface area contributed by atoms with Crippen LogP contribution in [-0.2, 0) is 0 Å². The number of furan rings is 1. The molecular weight excluding hydrogens is 242 g/mol. The van der Waals surface area contributed by atoms with E-state index in [1.54, 1.807) is 20.5 Å². The Labute approximate surface area is 113 Å². The lowest BCUT2D eigenvalue weighted by molar-refractivity contribution is 0.353. The van der Waals surface area contributed by atoms with E-state index in [4.69, 9.17) is 19.6 Å². The fourth-order valence-electron chi connectivity index (χ4n) is 2.18. The van der Waals surface area contributed by atoms with Gasteiger partial charge in [0.15, 0.2) is 11.5 Å². The van der Waals surface area contributed by atoms with Gasteiger partial charge in [0.05, 0.1) is 26.5 Å². The highest BCUT2D eigenvalue weighted by molar-refractivity contribution is 5.49. The van der Waals surface area contributed by atoms with Crippen molar-refractivity contribution in [3.05, 3.63) is 46.9 Å². The van der Waals surface area contributed by atoms with Crippen LogP contribution in [0.5, 0.6) is 11.5 Å². The molecule has 1 aromatic heterocycles. The highest BCUT2D eigenvalue weighted by atomic mass is 16.5. The molecule has 0 fully saturated rings. The number of hydrogen-bond donors (Lipinski definition) is 1. The molecule has 2 aromatic rings. The molecule has 0 saturated heterocycles. The van der Waals surface area contributed by atoms with Crippen LogP contribution < -0.4 is 15.2 Å². The van der Waals surface area contributed by atoms with Gasteiger partial charge in [0.2, 0.25) is 0 Å². The van der Waals surface area contributed by atoms with Gasteiger partial charge in [-0.25, -0.2) is 0 Å². The van der Waals surface area contributed by atoms with Crippen LogP contribution in [0, 0.1) is 13.8 Å². The molecule has 0 aliphatic rings. The quantitative estimate of drug-likeness (QED) is 0.919. The van der Waals surface area contributed by atoms with Gasteiger partial charge in [-0.3, -0.25) is 0 Å². The highest BCUT2D eigenvalue weighted by Gasteiger charge is 2.19. The summed E-state index contributed by atoms with van der Waals surface area (Å²) in [6.07, 6.45) is 1.65. The Hall–Kier alpha value is -1.94. The predicted octanol–water partition coefficient (Wildman–Crippen LogP) is 2.96. The summed E-state index contributed by atoms with van der Waals surface area (Å²) in [5.41, 5.74) is 9.34. The minimum Gasteiger partial charge on any atom is -0.493 e. The molecule has 4 nitrogen and oxygen atoms in total. The molecule has 2 rings (SSSR count). The Balaban J connectivity index is 2.48. The van der Waals surface area contributed by atoms with Gasteiger partial charge in [0, 0.05) is 0 Å². The molecule has 0 radical (unpaired) electrons. The number of rotatable bonds is 4. The average Bonchev–Trinajstić information content (AvgIpc) is 2.83. The first-order valence-corrected chi connectivity index (χ1v) is 6.10. The second-order valence-corrected chi connectivity index (χ2v) is 4.51. The van der Waals surface area contributed by atoms with Gasteiger partial charge < -0.3 is 19.6 Å². The van der Waals surface area contributed by atoms with Gasteiger partial charge in [-0.15, -0.1) is 0 Å². The zero-order chi connectivity index (χ0) is 14.0. The Morgan fingerprint density at radius 2 is 1.68 bits per heavy atom. The van der Waals surface area contributed by atoms with Gasteiger partial charge in [0.25, 0.3) is 0 Å². The minimum absolute atomic E-state index is 0.310. The average molecular weight is 261 g/mol. The first-order valence-electron chi connectivity index (χ1n) is 6.10. The van der Waals surface area contributed by atoms with Crippen LogP contribution in [0.15, 0.2) is 28.9 Å². The van der Waals surface area contributed by atoms with E-state index >= 15 is 0 Å². The summed E-state index contributed by atoms with van der Waals surface area (Å²) >= 11 is 0. The van der Waals surface area contributed by atoms with E-state index in [0.717, 1.165) is 22.5 Å². The molecule has 0 saturated carbocycles. The fraction of sp³-hybridized carbons (Fsp3) is 0.333. The van der Waals surface area contributed by atoms with Gasteiger partial charge in [-0.1, -0.05) is 0 Å². The van der Waals surface area contributed by atoms with Crippen molar-refractivity contribution in [1.82, 2.24) is 0 Å². The second kappa shape index (κ2) is 5.36. The number of aryl methyl sites for hydroxylation is 2. The van der Waals surface area contributed by atoms with E-state index in [9.17, 15) is 0 Å². The summed E-state index contributed by atoms with van der Waals surface area (Å²) in [7, 11) is 3.23. The smallest absolute Gasteiger partial charge is 0.161 e. The molecule has 2 N–H and O–H groups in total. The van der Waals surface area contributed by atoms with E-state index < -0.39 is 0 Å². The minimum atomic E-state index is -0.310. The number of methoxy groups -OCH3 is 2. The predicted molar refractivity (Wildman–Crippen MR) is 73.8 cm³/mol. The SMILES string of the molecule is COc1cc(C)c(C(N)c2occc2C)cc1OC. The first kappa shape index (κ1) is 13.5. The van der Waals surface area contributed by atoms with E-state index in [-0.39, 0.29) is 6.04 Å². The Bertz CT molecular complexity index is 575. The zero-order valence-corrected chi connectivity index (χ0v) is 11.7. The van der Waals surface area contributed by atoms with Gasteiger partial charge in [-0.2, -0.15) is 0 Å². The Kier molecular flexibility index (Phi) is 3.81. The van der Waals surface area contributed by atoms with Crippen LogP contribution in [0.4, 0.5) is 0 Å². The third-order valence-corrected chi connectivity index (χ3v) is 3.29. The maximum Gasteiger partial charge on any atom is 0.161 e. The Morgan fingerprint density at radius 3 is 2.21 bits per heavy atom. The number of benzene rings is 1. The molecule has 19 heavy (non-hydrogen) atoms. The lowest BCUT2D eigenvalue weighted by atomic mass is 9.97. The first-order chi connectivity index (χ1) is 9.08. The maximum absolute atomic E-state index is 6.29. The molecule has 0 spiro atoms. The van der Waals surface area contributed by atoms with Crippen LogP contribution in [0.3, 0.4) is 0 Å². The summed E-state index contributed by atoms with van der Waals surface area (Å²) in [5, 5.41) is 0. The van der Waals surface area contributed by atoms with Crippen molar-refractivity contribution in [1.29, 1.82) is 0 Å². The third-order valence-electron chi connectivity index (χ3n) is 3.29. The molecule has 0 bridgehead atoms. The van der Waals surface area contributed by atoms with Gasteiger partial charge >= 0.3 is 0 Å². The maximum atomic E-state index is 6.29. The summed E-state index contributed by atoms with van der Waals surface area (Å²) in [6, 6.07) is 5.42. The highest BCUT2D eigenvalue weighted by Crippen LogP contribution is 2.34. The summed E-state index contributed by atoms with van der Waals surface area (Å²) < 4.78 is 16.1. The van der Waals surface area contributed by atoms with E-state index in [1.807, 2.05) is 32.0 Å². The molecule has 0 aliphatic heterocycles. The third kappa shape index (κ3) is 2.44. The van der Waals surface area contributed by atoms with Crippen molar-refractivity contribution in [3.63, 3.8) is 0 Å². The number of ether oxygens (including phenoxy) is 2. The second-order valence-electron chi connectivity index (χ2n) is 4.51. The molecule has 102 valence electrons. The van der Waals surface area contributed by atoms with Crippen molar-refractivity contribution in [3.8, 4) is 11.5 Å². The van der Waals surface area contributed by atoms with Crippen LogP contribution >= 0.6 is 0 Å². The van der Waals surface area contributed by atoms with E-state index in [1.165, 1.54) is 0 Å². The summed E-state index contributed by atoms with van der Waals surface area (Å²) in [5.74, 6) is 2.14. The normalized spacial score (nSPS) is 12.3. The van der Waals surface area contributed by atoms with Crippen molar-refractivity contribution in [2.75, 3.05) is 14.2 Å². The lowest BCUT2D eigenvalue weighted by Gasteiger charge is -2.17. The van der Waals surface area contributed by atoms with E-state index in [0.29, 0.717) is 11.5 Å². The molecule has 1 unspecified atom stereocenters. The van der Waals surface area contributed by atoms with Crippen molar-refractivity contribution < 1.29 is 13.9 Å². The van der Waals surface area contributed by atoms with Crippen molar-refractivity contribution in [2.24, 2.45) is 5.73 Å². The molecule has 1 atom stereocenters. The molecule has 0 amide bonds.